The monoisotopic (exact) mass is 252 g/mol. The Balaban J connectivity index is 2.14. The fourth-order valence-electron chi connectivity index (χ4n) is 2.14. The largest absolute Gasteiger partial charge is 0.145 e. The standard InChI is InChI=1S/C16H28S/c1-3-5-7-9-11-15-13-14-16(17-15)12-10-8-6-4-2/h13-14H,3-12H2,1-2H3. The second-order valence-corrected chi connectivity index (χ2v) is 6.24. The van der Waals surface area contributed by atoms with Crippen molar-refractivity contribution in [1.82, 2.24) is 0 Å². The van der Waals surface area contributed by atoms with E-state index in [-0.39, 0.29) is 0 Å². The smallest absolute Gasteiger partial charge is 0.00481 e. The van der Waals surface area contributed by atoms with E-state index in [1.54, 1.807) is 9.75 Å². The van der Waals surface area contributed by atoms with E-state index in [9.17, 15) is 0 Å². The van der Waals surface area contributed by atoms with Gasteiger partial charge in [0.1, 0.15) is 0 Å². The molecule has 0 saturated heterocycles. The van der Waals surface area contributed by atoms with E-state index in [4.69, 9.17) is 0 Å². The van der Waals surface area contributed by atoms with Crippen LogP contribution in [0.25, 0.3) is 0 Å². The average molecular weight is 252 g/mol. The van der Waals surface area contributed by atoms with Gasteiger partial charge < -0.3 is 0 Å². The van der Waals surface area contributed by atoms with Crippen LogP contribution in [-0.4, -0.2) is 0 Å². The summed E-state index contributed by atoms with van der Waals surface area (Å²) in [6.07, 6.45) is 13.7. The van der Waals surface area contributed by atoms with Crippen LogP contribution < -0.4 is 0 Å². The van der Waals surface area contributed by atoms with Crippen molar-refractivity contribution in [3.05, 3.63) is 21.9 Å². The summed E-state index contributed by atoms with van der Waals surface area (Å²) < 4.78 is 0. The van der Waals surface area contributed by atoms with Gasteiger partial charge in [0.25, 0.3) is 0 Å². The first kappa shape index (κ1) is 14.8. The lowest BCUT2D eigenvalue weighted by atomic mass is 10.1. The van der Waals surface area contributed by atoms with Gasteiger partial charge >= 0.3 is 0 Å². The van der Waals surface area contributed by atoms with Gasteiger partial charge in [-0.1, -0.05) is 52.4 Å². The topological polar surface area (TPSA) is 0 Å². The molecule has 0 saturated carbocycles. The average Bonchev–Trinajstić information content (AvgIpc) is 2.78. The summed E-state index contributed by atoms with van der Waals surface area (Å²) in [6, 6.07) is 4.71. The van der Waals surface area contributed by atoms with Crippen LogP contribution in [0.5, 0.6) is 0 Å². The first-order valence-electron chi connectivity index (χ1n) is 7.44. The minimum atomic E-state index is 1.31. The zero-order chi connectivity index (χ0) is 12.3. The van der Waals surface area contributed by atoms with Gasteiger partial charge in [-0.3, -0.25) is 0 Å². The van der Waals surface area contributed by atoms with Crippen molar-refractivity contribution in [3.63, 3.8) is 0 Å². The molecular weight excluding hydrogens is 224 g/mol. The Bertz CT molecular complexity index is 248. The Hall–Kier alpha value is -0.300. The van der Waals surface area contributed by atoms with Gasteiger partial charge in [-0.2, -0.15) is 0 Å². The lowest BCUT2D eigenvalue weighted by Gasteiger charge is -1.98. The number of rotatable bonds is 10. The van der Waals surface area contributed by atoms with E-state index in [1.807, 2.05) is 11.3 Å². The summed E-state index contributed by atoms with van der Waals surface area (Å²) in [5.41, 5.74) is 0. The highest BCUT2D eigenvalue weighted by molar-refractivity contribution is 7.11. The van der Waals surface area contributed by atoms with Crippen molar-refractivity contribution in [2.24, 2.45) is 0 Å². The van der Waals surface area contributed by atoms with Gasteiger partial charge in [0.05, 0.1) is 0 Å². The highest BCUT2D eigenvalue weighted by atomic mass is 32.1. The lowest BCUT2D eigenvalue weighted by Crippen LogP contribution is -1.81. The van der Waals surface area contributed by atoms with E-state index in [2.05, 4.69) is 26.0 Å². The molecule has 0 amide bonds. The molecule has 0 aromatic carbocycles. The lowest BCUT2D eigenvalue weighted by molar-refractivity contribution is 0.670. The molecule has 1 aromatic rings. The first-order chi connectivity index (χ1) is 8.36. The van der Waals surface area contributed by atoms with Crippen LogP contribution in [-0.2, 0) is 12.8 Å². The van der Waals surface area contributed by atoms with Gasteiger partial charge in [-0.15, -0.1) is 11.3 Å². The number of thiophene rings is 1. The minimum Gasteiger partial charge on any atom is -0.145 e. The molecule has 0 aliphatic rings. The van der Waals surface area contributed by atoms with Crippen LogP contribution in [0, 0.1) is 0 Å². The second kappa shape index (κ2) is 9.70. The van der Waals surface area contributed by atoms with Crippen LogP contribution in [0.3, 0.4) is 0 Å². The molecular formula is C16H28S. The summed E-state index contributed by atoms with van der Waals surface area (Å²) in [5, 5.41) is 0. The molecule has 0 aliphatic heterocycles. The highest BCUT2D eigenvalue weighted by Crippen LogP contribution is 2.21. The Labute approximate surface area is 111 Å². The maximum Gasteiger partial charge on any atom is 0.00481 e. The molecule has 0 radical (unpaired) electrons. The summed E-state index contributed by atoms with van der Waals surface area (Å²) >= 11 is 2.05. The summed E-state index contributed by atoms with van der Waals surface area (Å²) in [5.74, 6) is 0. The predicted octanol–water partition coefficient (Wildman–Crippen LogP) is 5.99. The van der Waals surface area contributed by atoms with Crippen molar-refractivity contribution in [2.45, 2.75) is 78.1 Å². The number of aryl methyl sites for hydroxylation is 2. The Morgan fingerprint density at radius 2 is 1.18 bits per heavy atom. The quantitative estimate of drug-likeness (QED) is 0.448. The SMILES string of the molecule is CCCCCCc1ccc(CCCCCC)s1. The van der Waals surface area contributed by atoms with E-state index < -0.39 is 0 Å². The summed E-state index contributed by atoms with van der Waals surface area (Å²) in [7, 11) is 0. The third-order valence-electron chi connectivity index (χ3n) is 3.27. The molecule has 0 spiro atoms. The maximum atomic E-state index is 2.35. The van der Waals surface area contributed by atoms with Crippen LogP contribution in [0.2, 0.25) is 0 Å². The zero-order valence-electron chi connectivity index (χ0n) is 11.6. The van der Waals surface area contributed by atoms with Crippen LogP contribution in [0.1, 0.15) is 75.0 Å². The number of hydrogen-bond donors (Lipinski definition) is 0. The van der Waals surface area contributed by atoms with Crippen molar-refractivity contribution in [1.29, 1.82) is 0 Å². The predicted molar refractivity (Wildman–Crippen MR) is 80.0 cm³/mol. The number of hydrogen-bond acceptors (Lipinski definition) is 1. The third kappa shape index (κ3) is 6.88. The molecule has 0 nitrogen and oxygen atoms in total. The number of unbranched alkanes of at least 4 members (excludes halogenated alkanes) is 6. The summed E-state index contributed by atoms with van der Waals surface area (Å²) in [6.45, 7) is 4.55. The van der Waals surface area contributed by atoms with Gasteiger partial charge in [0, 0.05) is 9.75 Å². The maximum absolute atomic E-state index is 2.35. The van der Waals surface area contributed by atoms with E-state index in [0.29, 0.717) is 0 Å². The third-order valence-corrected chi connectivity index (χ3v) is 4.48. The Morgan fingerprint density at radius 1 is 0.706 bits per heavy atom. The van der Waals surface area contributed by atoms with Crippen molar-refractivity contribution < 1.29 is 0 Å². The molecule has 1 rings (SSSR count). The van der Waals surface area contributed by atoms with Gasteiger partial charge in [0.2, 0.25) is 0 Å². The van der Waals surface area contributed by atoms with Gasteiger partial charge in [-0.25, -0.2) is 0 Å². The fourth-order valence-corrected chi connectivity index (χ4v) is 3.24. The Morgan fingerprint density at radius 3 is 1.59 bits per heavy atom. The van der Waals surface area contributed by atoms with Crippen LogP contribution in [0.15, 0.2) is 12.1 Å². The molecule has 1 aromatic heterocycles. The molecule has 0 bridgehead atoms. The van der Waals surface area contributed by atoms with Crippen LogP contribution in [0.4, 0.5) is 0 Å². The molecule has 98 valence electrons. The van der Waals surface area contributed by atoms with E-state index in [0.717, 1.165) is 0 Å². The fraction of sp³-hybridized carbons (Fsp3) is 0.750. The molecule has 17 heavy (non-hydrogen) atoms. The van der Waals surface area contributed by atoms with Crippen molar-refractivity contribution >= 4 is 11.3 Å². The van der Waals surface area contributed by atoms with Gasteiger partial charge in [0.15, 0.2) is 0 Å². The molecule has 0 atom stereocenters. The van der Waals surface area contributed by atoms with Gasteiger partial charge in [-0.05, 0) is 37.8 Å². The first-order valence-corrected chi connectivity index (χ1v) is 8.26. The van der Waals surface area contributed by atoms with E-state index in [1.165, 1.54) is 64.2 Å². The second-order valence-electron chi connectivity index (χ2n) is 4.99. The van der Waals surface area contributed by atoms with E-state index >= 15 is 0 Å². The highest BCUT2D eigenvalue weighted by Gasteiger charge is 2.00. The van der Waals surface area contributed by atoms with Crippen molar-refractivity contribution in [2.75, 3.05) is 0 Å². The Kier molecular flexibility index (Phi) is 8.42. The zero-order valence-corrected chi connectivity index (χ0v) is 12.5. The van der Waals surface area contributed by atoms with Crippen LogP contribution >= 0.6 is 11.3 Å². The minimum absolute atomic E-state index is 1.31. The molecule has 0 aliphatic carbocycles. The molecule has 1 heterocycles. The molecule has 0 fully saturated rings. The molecule has 1 heteroatoms. The molecule has 0 N–H and O–H groups in total. The molecule has 0 unspecified atom stereocenters. The van der Waals surface area contributed by atoms with Crippen molar-refractivity contribution in [3.8, 4) is 0 Å². The summed E-state index contributed by atoms with van der Waals surface area (Å²) in [4.78, 5) is 3.21. The normalized spacial score (nSPS) is 10.9.